The topological polar surface area (TPSA) is 29.9 Å². The third-order valence-corrected chi connectivity index (χ3v) is 4.10. The highest BCUT2D eigenvalue weighted by molar-refractivity contribution is 5.04. The van der Waals surface area contributed by atoms with Crippen molar-refractivity contribution in [1.29, 1.82) is 0 Å². The van der Waals surface area contributed by atoms with Crippen LogP contribution in [0.15, 0.2) is 12.4 Å². The quantitative estimate of drug-likeness (QED) is 0.869. The fraction of sp³-hybridized carbons (Fsp3) is 0.786. The second kappa shape index (κ2) is 5.67. The Morgan fingerprint density at radius 3 is 2.94 bits per heavy atom. The minimum Gasteiger partial charge on any atom is -0.338 e. The summed E-state index contributed by atoms with van der Waals surface area (Å²) in [5, 5.41) is 3.51. The molecule has 2 rings (SSSR count). The van der Waals surface area contributed by atoms with E-state index in [0.29, 0.717) is 5.92 Å². The van der Waals surface area contributed by atoms with Crippen LogP contribution >= 0.6 is 0 Å². The average molecular weight is 235 g/mol. The molecular formula is C14H25N3. The number of nitrogens with one attached hydrogen (secondary N) is 1. The van der Waals surface area contributed by atoms with Crippen LogP contribution in [0.2, 0.25) is 0 Å². The summed E-state index contributed by atoms with van der Waals surface area (Å²) in [5.74, 6) is 3.51. The zero-order valence-electron chi connectivity index (χ0n) is 11.3. The van der Waals surface area contributed by atoms with Crippen molar-refractivity contribution >= 4 is 0 Å². The van der Waals surface area contributed by atoms with Gasteiger partial charge in [-0.2, -0.15) is 0 Å². The Morgan fingerprint density at radius 2 is 2.29 bits per heavy atom. The first-order chi connectivity index (χ1) is 8.22. The molecule has 0 aliphatic heterocycles. The molecule has 0 amide bonds. The normalized spacial score (nSPS) is 29.5. The SMILES string of the molecule is CCNCC1CCC(C)CC1c1nccn1C. The molecule has 0 saturated heterocycles. The van der Waals surface area contributed by atoms with Crippen LogP contribution in [-0.4, -0.2) is 22.6 Å². The lowest BCUT2D eigenvalue weighted by molar-refractivity contribution is 0.233. The lowest BCUT2D eigenvalue weighted by atomic mass is 9.74. The van der Waals surface area contributed by atoms with Crippen molar-refractivity contribution in [1.82, 2.24) is 14.9 Å². The number of hydrogen-bond donors (Lipinski definition) is 1. The van der Waals surface area contributed by atoms with Crippen LogP contribution in [0.3, 0.4) is 0 Å². The van der Waals surface area contributed by atoms with Gasteiger partial charge in [0, 0.05) is 25.4 Å². The summed E-state index contributed by atoms with van der Waals surface area (Å²) in [4.78, 5) is 4.57. The fourth-order valence-corrected chi connectivity index (χ4v) is 3.07. The third-order valence-electron chi connectivity index (χ3n) is 4.10. The number of imidazole rings is 1. The van der Waals surface area contributed by atoms with Crippen molar-refractivity contribution in [3.8, 4) is 0 Å². The molecule has 0 radical (unpaired) electrons. The van der Waals surface area contributed by atoms with E-state index in [1.165, 1.54) is 25.1 Å². The zero-order valence-corrected chi connectivity index (χ0v) is 11.3. The standard InChI is InChI=1S/C14H25N3/c1-4-15-10-12-6-5-11(2)9-13(12)14-16-7-8-17(14)3/h7-8,11-13,15H,4-6,9-10H2,1-3H3. The van der Waals surface area contributed by atoms with Gasteiger partial charge in [-0.1, -0.05) is 20.3 Å². The Hall–Kier alpha value is -0.830. The van der Waals surface area contributed by atoms with Crippen LogP contribution in [0.25, 0.3) is 0 Å². The van der Waals surface area contributed by atoms with Gasteiger partial charge in [-0.25, -0.2) is 4.98 Å². The molecule has 96 valence electrons. The molecule has 1 fully saturated rings. The first kappa shape index (κ1) is 12.6. The molecule has 0 bridgehead atoms. The molecule has 3 atom stereocenters. The highest BCUT2D eigenvalue weighted by Gasteiger charge is 2.31. The first-order valence-corrected chi connectivity index (χ1v) is 6.90. The predicted molar refractivity (Wildman–Crippen MR) is 71.0 cm³/mol. The number of rotatable bonds is 4. The maximum atomic E-state index is 4.57. The maximum Gasteiger partial charge on any atom is 0.111 e. The van der Waals surface area contributed by atoms with Crippen LogP contribution in [0.1, 0.15) is 44.9 Å². The maximum absolute atomic E-state index is 4.57. The van der Waals surface area contributed by atoms with Crippen LogP contribution in [0, 0.1) is 11.8 Å². The largest absolute Gasteiger partial charge is 0.338 e. The third kappa shape index (κ3) is 2.89. The highest BCUT2D eigenvalue weighted by atomic mass is 15.0. The van der Waals surface area contributed by atoms with Crippen LogP contribution in [0.5, 0.6) is 0 Å². The van der Waals surface area contributed by atoms with E-state index in [0.717, 1.165) is 24.9 Å². The molecule has 1 aromatic heterocycles. The molecule has 1 heterocycles. The van der Waals surface area contributed by atoms with E-state index in [-0.39, 0.29) is 0 Å². The first-order valence-electron chi connectivity index (χ1n) is 6.90. The monoisotopic (exact) mass is 235 g/mol. The van der Waals surface area contributed by atoms with Gasteiger partial charge >= 0.3 is 0 Å². The minimum absolute atomic E-state index is 0.637. The predicted octanol–water partition coefficient (Wildman–Crippen LogP) is 2.55. The number of hydrogen-bond acceptors (Lipinski definition) is 2. The van der Waals surface area contributed by atoms with Crippen LogP contribution in [0.4, 0.5) is 0 Å². The molecular weight excluding hydrogens is 210 g/mol. The van der Waals surface area contributed by atoms with E-state index < -0.39 is 0 Å². The zero-order chi connectivity index (χ0) is 12.3. The Balaban J connectivity index is 2.11. The number of aromatic nitrogens is 2. The van der Waals surface area contributed by atoms with E-state index in [1.54, 1.807) is 0 Å². The molecule has 1 aromatic rings. The van der Waals surface area contributed by atoms with E-state index in [2.05, 4.69) is 42.0 Å². The van der Waals surface area contributed by atoms with Crippen molar-refractivity contribution in [3.63, 3.8) is 0 Å². The molecule has 3 unspecified atom stereocenters. The highest BCUT2D eigenvalue weighted by Crippen LogP contribution is 2.39. The van der Waals surface area contributed by atoms with Crippen molar-refractivity contribution < 1.29 is 0 Å². The van der Waals surface area contributed by atoms with Gasteiger partial charge in [0.05, 0.1) is 0 Å². The van der Waals surface area contributed by atoms with E-state index in [1.807, 2.05) is 6.20 Å². The minimum atomic E-state index is 0.637. The Morgan fingerprint density at radius 1 is 1.47 bits per heavy atom. The molecule has 1 N–H and O–H groups in total. The van der Waals surface area contributed by atoms with Gasteiger partial charge in [0.1, 0.15) is 5.82 Å². The molecule has 0 spiro atoms. The summed E-state index contributed by atoms with van der Waals surface area (Å²) >= 11 is 0. The van der Waals surface area contributed by atoms with Crippen molar-refractivity contribution in [2.45, 2.75) is 39.0 Å². The molecule has 17 heavy (non-hydrogen) atoms. The number of aryl methyl sites for hydroxylation is 1. The lowest BCUT2D eigenvalue weighted by Crippen LogP contribution is -2.32. The molecule has 1 saturated carbocycles. The lowest BCUT2D eigenvalue weighted by Gasteiger charge is -2.34. The molecule has 3 heteroatoms. The van der Waals surface area contributed by atoms with E-state index in [4.69, 9.17) is 0 Å². The van der Waals surface area contributed by atoms with E-state index >= 15 is 0 Å². The average Bonchev–Trinajstić information content (AvgIpc) is 2.74. The molecule has 1 aliphatic rings. The van der Waals surface area contributed by atoms with Crippen LogP contribution in [-0.2, 0) is 7.05 Å². The second-order valence-corrected chi connectivity index (χ2v) is 5.49. The van der Waals surface area contributed by atoms with Crippen molar-refractivity contribution in [3.05, 3.63) is 18.2 Å². The number of nitrogens with zero attached hydrogens (tertiary/aromatic N) is 2. The van der Waals surface area contributed by atoms with Crippen molar-refractivity contribution in [2.75, 3.05) is 13.1 Å². The smallest absolute Gasteiger partial charge is 0.111 e. The summed E-state index contributed by atoms with van der Waals surface area (Å²) in [6.07, 6.45) is 8.00. The molecule has 1 aliphatic carbocycles. The Labute approximate surface area is 105 Å². The van der Waals surface area contributed by atoms with Gasteiger partial charge in [0.2, 0.25) is 0 Å². The second-order valence-electron chi connectivity index (χ2n) is 5.49. The Kier molecular flexibility index (Phi) is 4.21. The summed E-state index contributed by atoms with van der Waals surface area (Å²) in [6.45, 7) is 6.76. The molecule has 0 aromatic carbocycles. The Bertz CT molecular complexity index is 343. The summed E-state index contributed by atoms with van der Waals surface area (Å²) in [5.41, 5.74) is 0. The van der Waals surface area contributed by atoms with Gasteiger partial charge < -0.3 is 9.88 Å². The van der Waals surface area contributed by atoms with E-state index in [9.17, 15) is 0 Å². The van der Waals surface area contributed by atoms with Crippen LogP contribution < -0.4 is 5.32 Å². The summed E-state index contributed by atoms with van der Waals surface area (Å²) in [6, 6.07) is 0. The van der Waals surface area contributed by atoms with Gasteiger partial charge in [-0.05, 0) is 37.8 Å². The van der Waals surface area contributed by atoms with Crippen molar-refractivity contribution in [2.24, 2.45) is 18.9 Å². The summed E-state index contributed by atoms with van der Waals surface area (Å²) in [7, 11) is 2.12. The van der Waals surface area contributed by atoms with Gasteiger partial charge in [-0.3, -0.25) is 0 Å². The molecule has 3 nitrogen and oxygen atoms in total. The summed E-state index contributed by atoms with van der Waals surface area (Å²) < 4.78 is 2.20. The van der Waals surface area contributed by atoms with Gasteiger partial charge in [0.15, 0.2) is 0 Å². The van der Waals surface area contributed by atoms with Gasteiger partial charge in [-0.15, -0.1) is 0 Å². The fourth-order valence-electron chi connectivity index (χ4n) is 3.07. The van der Waals surface area contributed by atoms with Gasteiger partial charge in [0.25, 0.3) is 0 Å².